The first-order valence-electron chi connectivity index (χ1n) is 15.0. The van der Waals surface area contributed by atoms with Gasteiger partial charge >= 0.3 is 11.9 Å². The van der Waals surface area contributed by atoms with Gasteiger partial charge in [-0.3, -0.25) is 14.4 Å². The quantitative estimate of drug-likeness (QED) is 0.360. The van der Waals surface area contributed by atoms with Crippen LogP contribution >= 0.6 is 0 Å². The Balaban J connectivity index is 1.60. The van der Waals surface area contributed by atoms with E-state index >= 15 is 0 Å². The molecule has 0 aromatic carbocycles. The predicted molar refractivity (Wildman–Crippen MR) is 147 cm³/mol. The molecule has 5 aliphatic carbocycles. The Morgan fingerprint density at radius 3 is 2.18 bits per heavy atom. The summed E-state index contributed by atoms with van der Waals surface area (Å²) in [6, 6.07) is 0. The van der Waals surface area contributed by atoms with E-state index in [1.54, 1.807) is 0 Å². The molecule has 4 saturated carbocycles. The molecule has 4 fully saturated rings. The van der Waals surface area contributed by atoms with Crippen molar-refractivity contribution in [3.63, 3.8) is 0 Å². The molecule has 5 rings (SSSR count). The molecule has 0 heterocycles. The minimum absolute atomic E-state index is 0.0150. The lowest BCUT2D eigenvalue weighted by Gasteiger charge is -2.70. The number of carbonyl (C=O) groups is 3. The van der Waals surface area contributed by atoms with Gasteiger partial charge in [0.15, 0.2) is 5.78 Å². The second kappa shape index (κ2) is 8.43. The molecule has 0 aromatic heterocycles. The number of esters is 2. The highest BCUT2D eigenvalue weighted by atomic mass is 16.5. The second-order valence-corrected chi connectivity index (χ2v) is 15.8. The Kier molecular flexibility index (Phi) is 6.19. The van der Waals surface area contributed by atoms with Crippen LogP contribution in [0.2, 0.25) is 0 Å². The number of methoxy groups -OCH3 is 1. The Morgan fingerprint density at radius 1 is 0.895 bits per heavy atom. The van der Waals surface area contributed by atoms with Gasteiger partial charge in [-0.05, 0) is 97.4 Å². The van der Waals surface area contributed by atoms with Gasteiger partial charge in [0.05, 0.1) is 12.5 Å². The van der Waals surface area contributed by atoms with Gasteiger partial charge in [-0.25, -0.2) is 0 Å². The molecule has 0 saturated heterocycles. The van der Waals surface area contributed by atoms with Gasteiger partial charge in [-0.15, -0.1) is 0 Å². The first-order valence-corrected chi connectivity index (χ1v) is 15.0. The summed E-state index contributed by atoms with van der Waals surface area (Å²) in [6.07, 6.45) is 10.2. The number of hydrogen-bond donors (Lipinski definition) is 0. The highest BCUT2D eigenvalue weighted by Gasteiger charge is 2.71. The van der Waals surface area contributed by atoms with Crippen LogP contribution < -0.4 is 0 Å². The molecular formula is C33H50O5. The number of fused-ring (bicyclic) bond motifs is 7. The van der Waals surface area contributed by atoms with Crippen molar-refractivity contribution in [2.75, 3.05) is 7.11 Å². The number of hydrogen-bond acceptors (Lipinski definition) is 5. The van der Waals surface area contributed by atoms with Crippen LogP contribution in [-0.4, -0.2) is 30.9 Å². The Labute approximate surface area is 229 Å². The van der Waals surface area contributed by atoms with Gasteiger partial charge in [-0.1, -0.05) is 54.0 Å². The van der Waals surface area contributed by atoms with Gasteiger partial charge in [0.2, 0.25) is 0 Å². The van der Waals surface area contributed by atoms with E-state index in [2.05, 4.69) is 54.5 Å². The minimum atomic E-state index is -0.545. The van der Waals surface area contributed by atoms with Gasteiger partial charge in [-0.2, -0.15) is 0 Å². The van der Waals surface area contributed by atoms with Crippen molar-refractivity contribution in [3.8, 4) is 0 Å². The fourth-order valence-electron chi connectivity index (χ4n) is 11.0. The monoisotopic (exact) mass is 526 g/mol. The van der Waals surface area contributed by atoms with E-state index in [-0.39, 0.29) is 62.7 Å². The zero-order chi connectivity index (χ0) is 28.1. The zero-order valence-electron chi connectivity index (χ0n) is 25.3. The molecule has 5 nitrogen and oxygen atoms in total. The summed E-state index contributed by atoms with van der Waals surface area (Å²) in [6.45, 7) is 17.8. The summed E-state index contributed by atoms with van der Waals surface area (Å²) < 4.78 is 11.3. The van der Waals surface area contributed by atoms with E-state index in [4.69, 9.17) is 9.47 Å². The molecule has 8 atom stereocenters. The highest BCUT2D eigenvalue weighted by molar-refractivity contribution is 5.96. The van der Waals surface area contributed by atoms with E-state index in [1.165, 1.54) is 19.6 Å². The lowest BCUT2D eigenvalue weighted by molar-refractivity contribution is -0.197. The average molecular weight is 527 g/mol. The molecule has 0 aliphatic heterocycles. The lowest BCUT2D eigenvalue weighted by atomic mass is 9.34. The van der Waals surface area contributed by atoms with Gasteiger partial charge in [0, 0.05) is 18.3 Å². The summed E-state index contributed by atoms with van der Waals surface area (Å²) in [5.74, 6) is 0.120. The van der Waals surface area contributed by atoms with Crippen molar-refractivity contribution in [1.82, 2.24) is 0 Å². The molecule has 5 heteroatoms. The fourth-order valence-corrected chi connectivity index (χ4v) is 11.0. The largest absolute Gasteiger partial charge is 0.469 e. The molecule has 0 bridgehead atoms. The van der Waals surface area contributed by atoms with E-state index < -0.39 is 5.41 Å². The van der Waals surface area contributed by atoms with Gasteiger partial charge in [0.25, 0.3) is 0 Å². The van der Waals surface area contributed by atoms with E-state index in [0.717, 1.165) is 57.8 Å². The molecule has 0 aromatic rings. The van der Waals surface area contributed by atoms with E-state index in [9.17, 15) is 14.4 Å². The number of rotatable bonds is 2. The van der Waals surface area contributed by atoms with Crippen LogP contribution in [0.4, 0.5) is 0 Å². The van der Waals surface area contributed by atoms with Crippen molar-refractivity contribution < 1.29 is 23.9 Å². The maximum absolute atomic E-state index is 14.4. The zero-order valence-corrected chi connectivity index (χ0v) is 25.3. The highest BCUT2D eigenvalue weighted by Crippen LogP contribution is 2.75. The first-order chi connectivity index (χ1) is 17.5. The minimum Gasteiger partial charge on any atom is -0.469 e. The van der Waals surface area contributed by atoms with Crippen LogP contribution in [0, 0.1) is 50.2 Å². The van der Waals surface area contributed by atoms with Crippen LogP contribution in [0.5, 0.6) is 0 Å². The standard InChI is InChI=1S/C33H50O5/c1-20(34)38-25-11-12-30(6)23(29(25,4)5)10-13-31(7)24(30)18-22(35)26-21-19-28(2,3)14-16-33(21,27(36)37-9)17-15-32(26,31)8/h18,21,23,25-26H,10-17,19H2,1-9H3/t21-,23+,25+,26+,30+,31-,32-,33+/m1/s1. The molecule has 0 spiro atoms. The van der Waals surface area contributed by atoms with Gasteiger partial charge in [0.1, 0.15) is 6.10 Å². The Hall–Kier alpha value is -1.65. The molecule has 5 aliphatic rings. The van der Waals surface area contributed by atoms with Crippen molar-refractivity contribution >= 4 is 17.7 Å². The summed E-state index contributed by atoms with van der Waals surface area (Å²) >= 11 is 0. The molecule has 0 unspecified atom stereocenters. The summed E-state index contributed by atoms with van der Waals surface area (Å²) in [5.41, 5.74) is 0.312. The van der Waals surface area contributed by atoms with Crippen LogP contribution in [0.25, 0.3) is 0 Å². The number of ether oxygens (including phenoxy) is 2. The summed E-state index contributed by atoms with van der Waals surface area (Å²) in [5, 5.41) is 0. The van der Waals surface area contributed by atoms with Gasteiger partial charge < -0.3 is 9.47 Å². The predicted octanol–water partition coefficient (Wildman–Crippen LogP) is 7.07. The van der Waals surface area contributed by atoms with Crippen LogP contribution in [0.3, 0.4) is 0 Å². The maximum atomic E-state index is 14.4. The third-order valence-corrected chi connectivity index (χ3v) is 13.2. The number of ketones is 1. The summed E-state index contributed by atoms with van der Waals surface area (Å²) in [7, 11) is 1.51. The van der Waals surface area contributed by atoms with Crippen molar-refractivity contribution in [2.45, 2.75) is 119 Å². The SMILES string of the molecule is COC(=O)[C@]12CCC(C)(C)C[C@@H]1[C@H]1C(=O)C=C3[C@@]4(C)CC[C@H](OC(C)=O)C(C)(C)[C@@H]4CC[C@@]3(C)[C@]1(C)CC2. The van der Waals surface area contributed by atoms with E-state index in [0.29, 0.717) is 5.92 Å². The first kappa shape index (κ1) is 27.9. The molecule has 0 N–H and O–H groups in total. The third-order valence-electron chi connectivity index (χ3n) is 13.2. The smallest absolute Gasteiger partial charge is 0.312 e. The Bertz CT molecular complexity index is 1080. The summed E-state index contributed by atoms with van der Waals surface area (Å²) in [4.78, 5) is 39.8. The molecule has 0 radical (unpaired) electrons. The maximum Gasteiger partial charge on any atom is 0.312 e. The normalized spacial score (nSPS) is 46.9. The molecule has 212 valence electrons. The van der Waals surface area contributed by atoms with Crippen molar-refractivity contribution in [2.24, 2.45) is 50.2 Å². The average Bonchev–Trinajstić information content (AvgIpc) is 2.81. The third kappa shape index (κ3) is 3.51. The Morgan fingerprint density at radius 2 is 1.55 bits per heavy atom. The molecule has 0 amide bonds. The molecule has 38 heavy (non-hydrogen) atoms. The molecular weight excluding hydrogens is 476 g/mol. The van der Waals surface area contributed by atoms with Crippen molar-refractivity contribution in [1.29, 1.82) is 0 Å². The lowest BCUT2D eigenvalue weighted by Crippen LogP contribution is -2.66. The fraction of sp³-hybridized carbons (Fsp3) is 0.848. The van der Waals surface area contributed by atoms with Crippen LogP contribution in [0.15, 0.2) is 11.6 Å². The van der Waals surface area contributed by atoms with Crippen molar-refractivity contribution in [3.05, 3.63) is 11.6 Å². The number of allylic oxidation sites excluding steroid dienone is 2. The van der Waals surface area contributed by atoms with E-state index in [1.807, 2.05) is 0 Å². The van der Waals surface area contributed by atoms with Crippen LogP contribution in [0.1, 0.15) is 113 Å². The topological polar surface area (TPSA) is 69.7 Å². The second-order valence-electron chi connectivity index (χ2n) is 15.8. The number of carbonyl (C=O) groups excluding carboxylic acids is 3. The van der Waals surface area contributed by atoms with Crippen LogP contribution in [-0.2, 0) is 23.9 Å².